The lowest BCUT2D eigenvalue weighted by molar-refractivity contribution is -0.138. The molecule has 3 rings (SSSR count). The predicted octanol–water partition coefficient (Wildman–Crippen LogP) is 2.17. The van der Waals surface area contributed by atoms with Crippen molar-refractivity contribution < 1.29 is 14.3 Å². The molecule has 1 aromatic carbocycles. The second-order valence-corrected chi connectivity index (χ2v) is 4.16. The second kappa shape index (κ2) is 3.35. The molecular formula is C12H11NO3. The van der Waals surface area contributed by atoms with E-state index >= 15 is 0 Å². The molecule has 16 heavy (non-hydrogen) atoms. The van der Waals surface area contributed by atoms with Gasteiger partial charge in [0.15, 0.2) is 11.5 Å². The number of nitrogens with zero attached hydrogens (tertiary/aromatic N) is 1. The summed E-state index contributed by atoms with van der Waals surface area (Å²) < 4.78 is 11.5. The van der Waals surface area contributed by atoms with Crippen LogP contribution in [0, 0.1) is 0 Å². The maximum Gasteiger partial charge on any atom is 0.251 e. The number of hydrogen-bond donors (Lipinski definition) is 0. The van der Waals surface area contributed by atoms with E-state index in [1.54, 1.807) is 0 Å². The fourth-order valence-electron chi connectivity index (χ4n) is 2.03. The minimum absolute atomic E-state index is 0.340. The molecule has 4 nitrogen and oxygen atoms in total. The Kier molecular flexibility index (Phi) is 1.98. The van der Waals surface area contributed by atoms with E-state index in [2.05, 4.69) is 4.99 Å². The van der Waals surface area contributed by atoms with Crippen LogP contribution in [0.5, 0.6) is 11.5 Å². The Labute approximate surface area is 92.9 Å². The number of fused-ring (bicyclic) bond motifs is 1. The highest BCUT2D eigenvalue weighted by molar-refractivity contribution is 5.46. The largest absolute Gasteiger partial charge is 0.448 e. The maximum absolute atomic E-state index is 10.0. The molecule has 0 radical (unpaired) electrons. The van der Waals surface area contributed by atoms with Crippen LogP contribution in [0.3, 0.4) is 0 Å². The Morgan fingerprint density at radius 1 is 1.31 bits per heavy atom. The van der Waals surface area contributed by atoms with Crippen LogP contribution in [-0.2, 0) is 11.3 Å². The topological polar surface area (TPSA) is 47.9 Å². The van der Waals surface area contributed by atoms with Gasteiger partial charge in [0.25, 0.3) is 5.79 Å². The van der Waals surface area contributed by atoms with Gasteiger partial charge >= 0.3 is 0 Å². The van der Waals surface area contributed by atoms with Crippen LogP contribution < -0.4 is 9.47 Å². The molecule has 0 aromatic heterocycles. The quantitative estimate of drug-likeness (QED) is 0.563. The zero-order chi connectivity index (χ0) is 11.0. The van der Waals surface area contributed by atoms with Crippen molar-refractivity contribution in [3.63, 3.8) is 0 Å². The fourth-order valence-corrected chi connectivity index (χ4v) is 2.03. The van der Waals surface area contributed by atoms with Crippen molar-refractivity contribution >= 4 is 6.08 Å². The first-order valence-electron chi connectivity index (χ1n) is 5.36. The highest BCUT2D eigenvalue weighted by Crippen LogP contribution is 2.48. The highest BCUT2D eigenvalue weighted by atomic mass is 16.7. The van der Waals surface area contributed by atoms with Crippen molar-refractivity contribution in [1.82, 2.24) is 0 Å². The van der Waals surface area contributed by atoms with Gasteiger partial charge in [0.05, 0.1) is 6.54 Å². The molecule has 82 valence electrons. The molecule has 0 bridgehead atoms. The molecule has 1 aliphatic carbocycles. The minimum atomic E-state index is -0.394. The first kappa shape index (κ1) is 9.43. The average Bonchev–Trinajstić information content (AvgIpc) is 2.64. The van der Waals surface area contributed by atoms with Gasteiger partial charge in [-0.25, -0.2) is 9.79 Å². The number of ether oxygens (including phenoxy) is 2. The highest BCUT2D eigenvalue weighted by Gasteiger charge is 2.47. The van der Waals surface area contributed by atoms with Crippen LogP contribution in [0.1, 0.15) is 24.8 Å². The normalized spacial score (nSPS) is 19.0. The molecule has 4 heteroatoms. The molecule has 1 aromatic rings. The molecule has 1 fully saturated rings. The molecule has 1 aliphatic heterocycles. The van der Waals surface area contributed by atoms with Crippen molar-refractivity contribution in [3.8, 4) is 11.5 Å². The molecule has 0 atom stereocenters. The van der Waals surface area contributed by atoms with Crippen LogP contribution in [0.4, 0.5) is 0 Å². The Bertz CT molecular complexity index is 473. The summed E-state index contributed by atoms with van der Waals surface area (Å²) in [6, 6.07) is 5.64. The first-order chi connectivity index (χ1) is 7.81. The summed E-state index contributed by atoms with van der Waals surface area (Å²) in [5.41, 5.74) is 0.932. The summed E-state index contributed by atoms with van der Waals surface area (Å²) in [6.07, 6.45) is 4.57. The fraction of sp³-hybridized carbons (Fsp3) is 0.417. The lowest BCUT2D eigenvalue weighted by Gasteiger charge is -2.35. The van der Waals surface area contributed by atoms with Crippen LogP contribution in [0.25, 0.3) is 0 Å². The Morgan fingerprint density at radius 2 is 2.12 bits per heavy atom. The molecule has 0 amide bonds. The zero-order valence-electron chi connectivity index (χ0n) is 8.73. The third-order valence-electron chi connectivity index (χ3n) is 3.04. The van der Waals surface area contributed by atoms with Crippen molar-refractivity contribution in [2.45, 2.75) is 31.6 Å². The van der Waals surface area contributed by atoms with Crippen LogP contribution in [0.15, 0.2) is 23.2 Å². The van der Waals surface area contributed by atoms with Crippen molar-refractivity contribution in [3.05, 3.63) is 23.8 Å². The average molecular weight is 217 g/mol. The van der Waals surface area contributed by atoms with Gasteiger partial charge in [-0.1, -0.05) is 6.07 Å². The zero-order valence-corrected chi connectivity index (χ0v) is 8.73. The monoisotopic (exact) mass is 217 g/mol. The minimum Gasteiger partial charge on any atom is -0.448 e. The third kappa shape index (κ3) is 1.39. The molecule has 1 spiro atoms. The van der Waals surface area contributed by atoms with Gasteiger partial charge in [0.2, 0.25) is 6.08 Å². The van der Waals surface area contributed by atoms with E-state index in [4.69, 9.17) is 9.47 Å². The Balaban J connectivity index is 1.85. The number of hydrogen-bond acceptors (Lipinski definition) is 4. The van der Waals surface area contributed by atoms with E-state index in [1.165, 1.54) is 6.08 Å². The first-order valence-corrected chi connectivity index (χ1v) is 5.36. The summed E-state index contributed by atoms with van der Waals surface area (Å²) in [6.45, 7) is 0.340. The second-order valence-electron chi connectivity index (χ2n) is 4.16. The molecule has 2 aliphatic rings. The summed E-state index contributed by atoms with van der Waals surface area (Å²) >= 11 is 0. The van der Waals surface area contributed by atoms with Crippen molar-refractivity contribution in [2.75, 3.05) is 0 Å². The van der Waals surface area contributed by atoms with E-state index < -0.39 is 5.79 Å². The summed E-state index contributed by atoms with van der Waals surface area (Å²) in [4.78, 5) is 13.6. The predicted molar refractivity (Wildman–Crippen MR) is 56.1 cm³/mol. The van der Waals surface area contributed by atoms with Gasteiger partial charge in [-0.2, -0.15) is 0 Å². The summed E-state index contributed by atoms with van der Waals surface area (Å²) in [5.74, 6) is 1.16. The third-order valence-corrected chi connectivity index (χ3v) is 3.04. The lowest BCUT2D eigenvalue weighted by Crippen LogP contribution is -2.45. The van der Waals surface area contributed by atoms with Gasteiger partial charge < -0.3 is 9.47 Å². The van der Waals surface area contributed by atoms with E-state index in [0.717, 1.165) is 36.3 Å². The van der Waals surface area contributed by atoms with Gasteiger partial charge in [0, 0.05) is 12.8 Å². The molecule has 1 saturated carbocycles. The Morgan fingerprint density at radius 3 is 2.81 bits per heavy atom. The van der Waals surface area contributed by atoms with Crippen molar-refractivity contribution in [1.29, 1.82) is 0 Å². The van der Waals surface area contributed by atoms with E-state index in [9.17, 15) is 4.79 Å². The number of rotatable bonds is 2. The van der Waals surface area contributed by atoms with Crippen molar-refractivity contribution in [2.24, 2.45) is 4.99 Å². The van der Waals surface area contributed by atoms with E-state index in [-0.39, 0.29) is 0 Å². The number of carbonyl (C=O) groups excluding carboxylic acids is 1. The van der Waals surface area contributed by atoms with E-state index in [0.29, 0.717) is 6.54 Å². The smallest absolute Gasteiger partial charge is 0.251 e. The van der Waals surface area contributed by atoms with Crippen LogP contribution >= 0.6 is 0 Å². The molecular weight excluding hydrogens is 206 g/mol. The SMILES string of the molecule is O=C=NCc1ccc2c(c1)OC1(CCC1)O2. The molecule has 0 unspecified atom stereocenters. The van der Waals surface area contributed by atoms with Crippen LogP contribution in [0.2, 0.25) is 0 Å². The Hall–Kier alpha value is -1.80. The van der Waals surface area contributed by atoms with Crippen LogP contribution in [-0.4, -0.2) is 11.9 Å². The number of aliphatic imine (C=N–C) groups is 1. The summed E-state index contributed by atoms with van der Waals surface area (Å²) in [7, 11) is 0. The molecule has 1 heterocycles. The van der Waals surface area contributed by atoms with E-state index in [1.807, 2.05) is 18.2 Å². The van der Waals surface area contributed by atoms with Gasteiger partial charge in [0.1, 0.15) is 0 Å². The number of isocyanates is 1. The number of benzene rings is 1. The van der Waals surface area contributed by atoms with Gasteiger partial charge in [-0.05, 0) is 24.1 Å². The standard InChI is InChI=1S/C12H11NO3/c14-8-13-7-9-2-3-10-11(6-9)16-12(15-10)4-1-5-12/h2-3,6H,1,4-5,7H2. The van der Waals surface area contributed by atoms with Gasteiger partial charge in [-0.15, -0.1) is 0 Å². The lowest BCUT2D eigenvalue weighted by atomic mass is 9.91. The molecule has 0 N–H and O–H groups in total. The van der Waals surface area contributed by atoms with Gasteiger partial charge in [-0.3, -0.25) is 0 Å². The summed E-state index contributed by atoms with van der Waals surface area (Å²) in [5, 5.41) is 0. The molecule has 0 saturated heterocycles. The maximum atomic E-state index is 10.0.